The summed E-state index contributed by atoms with van der Waals surface area (Å²) in [6, 6.07) is 0. The summed E-state index contributed by atoms with van der Waals surface area (Å²) < 4.78 is 21.4. The van der Waals surface area contributed by atoms with Crippen molar-refractivity contribution in [2.75, 3.05) is 19.8 Å². The average Bonchev–Trinajstić information content (AvgIpc) is 3.14. The molecule has 0 aromatic heterocycles. The highest BCUT2D eigenvalue weighted by Crippen LogP contribution is 2.56. The number of hydrogen-bond acceptors (Lipinski definition) is 7. The standard InChI is InChI=1S/C18H26O7/c1-5-22-14(19)13-18(15(20)23-6-2,16(21)24-7-3)12(4)17(25-13)10-8-9-11-17/h13H,4-11H2,1-3H3. The van der Waals surface area contributed by atoms with Crippen molar-refractivity contribution < 1.29 is 33.3 Å². The van der Waals surface area contributed by atoms with Crippen LogP contribution in [0.15, 0.2) is 12.2 Å². The van der Waals surface area contributed by atoms with Crippen LogP contribution in [0.1, 0.15) is 46.5 Å². The van der Waals surface area contributed by atoms with Crippen LogP contribution in [0.3, 0.4) is 0 Å². The van der Waals surface area contributed by atoms with Crippen LogP contribution in [-0.4, -0.2) is 49.4 Å². The van der Waals surface area contributed by atoms with E-state index < -0.39 is 35.0 Å². The molecule has 7 nitrogen and oxygen atoms in total. The quantitative estimate of drug-likeness (QED) is 0.312. The van der Waals surface area contributed by atoms with E-state index in [-0.39, 0.29) is 25.4 Å². The molecule has 0 aromatic rings. The van der Waals surface area contributed by atoms with E-state index in [1.54, 1.807) is 20.8 Å². The Labute approximate surface area is 147 Å². The van der Waals surface area contributed by atoms with Crippen LogP contribution in [0, 0.1) is 5.41 Å². The lowest BCUT2D eigenvalue weighted by molar-refractivity contribution is -0.185. The Morgan fingerprint density at radius 3 is 1.92 bits per heavy atom. The van der Waals surface area contributed by atoms with Gasteiger partial charge in [0, 0.05) is 0 Å². The van der Waals surface area contributed by atoms with E-state index in [2.05, 4.69) is 6.58 Å². The summed E-state index contributed by atoms with van der Waals surface area (Å²) in [6.45, 7) is 9.10. The van der Waals surface area contributed by atoms with Crippen molar-refractivity contribution in [1.82, 2.24) is 0 Å². The Kier molecular flexibility index (Phi) is 5.87. The molecule has 1 aliphatic carbocycles. The molecular formula is C18H26O7. The van der Waals surface area contributed by atoms with Gasteiger partial charge in [-0.05, 0) is 39.2 Å². The summed E-state index contributed by atoms with van der Waals surface area (Å²) in [5, 5.41) is 0. The summed E-state index contributed by atoms with van der Waals surface area (Å²) in [6.07, 6.45) is 1.44. The molecule has 2 fully saturated rings. The van der Waals surface area contributed by atoms with Crippen LogP contribution in [0.2, 0.25) is 0 Å². The minimum atomic E-state index is -2.03. The fraction of sp³-hybridized carbons (Fsp3) is 0.722. The summed E-state index contributed by atoms with van der Waals surface area (Å²) >= 11 is 0. The van der Waals surface area contributed by atoms with E-state index in [4.69, 9.17) is 18.9 Å². The van der Waals surface area contributed by atoms with Gasteiger partial charge in [0.15, 0.2) is 6.10 Å². The van der Waals surface area contributed by atoms with Gasteiger partial charge in [0.05, 0.1) is 25.4 Å². The SMILES string of the molecule is C=C1C2(CCCC2)OC(C(=O)OCC)C1(C(=O)OCC)C(=O)OCC. The van der Waals surface area contributed by atoms with Crippen molar-refractivity contribution in [3.8, 4) is 0 Å². The minimum Gasteiger partial charge on any atom is -0.465 e. The summed E-state index contributed by atoms with van der Waals surface area (Å²) in [5.74, 6) is -2.53. The van der Waals surface area contributed by atoms with E-state index in [1.165, 1.54) is 0 Å². The monoisotopic (exact) mass is 354 g/mol. The van der Waals surface area contributed by atoms with Crippen LogP contribution in [-0.2, 0) is 33.3 Å². The van der Waals surface area contributed by atoms with E-state index in [0.717, 1.165) is 12.8 Å². The van der Waals surface area contributed by atoms with Crippen molar-refractivity contribution in [1.29, 1.82) is 0 Å². The average molecular weight is 354 g/mol. The third-order valence-electron chi connectivity index (χ3n) is 4.87. The Morgan fingerprint density at radius 1 is 1.00 bits per heavy atom. The third-order valence-corrected chi connectivity index (χ3v) is 4.87. The molecule has 1 saturated carbocycles. The molecule has 1 saturated heterocycles. The first-order valence-corrected chi connectivity index (χ1v) is 8.79. The molecule has 1 heterocycles. The summed E-state index contributed by atoms with van der Waals surface area (Å²) in [5.41, 5.74) is -2.69. The Balaban J connectivity index is 2.59. The lowest BCUT2D eigenvalue weighted by Crippen LogP contribution is -2.52. The number of esters is 3. The molecule has 0 N–H and O–H groups in total. The molecule has 140 valence electrons. The maximum Gasteiger partial charge on any atom is 0.337 e. The highest BCUT2D eigenvalue weighted by atomic mass is 16.6. The predicted octanol–water partition coefficient (Wildman–Crippen LogP) is 1.93. The fourth-order valence-electron chi connectivity index (χ4n) is 3.74. The molecule has 7 heteroatoms. The van der Waals surface area contributed by atoms with Crippen molar-refractivity contribution in [2.24, 2.45) is 5.41 Å². The maximum atomic E-state index is 12.9. The van der Waals surface area contributed by atoms with Gasteiger partial charge >= 0.3 is 17.9 Å². The lowest BCUT2D eigenvalue weighted by atomic mass is 9.72. The van der Waals surface area contributed by atoms with Gasteiger partial charge < -0.3 is 18.9 Å². The van der Waals surface area contributed by atoms with Gasteiger partial charge in [0.2, 0.25) is 5.41 Å². The van der Waals surface area contributed by atoms with Gasteiger partial charge in [0.1, 0.15) is 0 Å². The molecule has 2 aliphatic rings. The summed E-state index contributed by atoms with van der Waals surface area (Å²) in [4.78, 5) is 38.3. The molecule has 25 heavy (non-hydrogen) atoms. The van der Waals surface area contributed by atoms with Crippen LogP contribution in [0.4, 0.5) is 0 Å². The van der Waals surface area contributed by atoms with Crippen LogP contribution >= 0.6 is 0 Å². The van der Waals surface area contributed by atoms with Gasteiger partial charge in [-0.1, -0.05) is 19.4 Å². The molecule has 1 aliphatic heterocycles. The second-order valence-corrected chi connectivity index (χ2v) is 6.18. The largest absolute Gasteiger partial charge is 0.465 e. The predicted molar refractivity (Wildman–Crippen MR) is 87.5 cm³/mol. The van der Waals surface area contributed by atoms with Gasteiger partial charge in [-0.3, -0.25) is 9.59 Å². The van der Waals surface area contributed by atoms with E-state index in [9.17, 15) is 14.4 Å². The number of hydrogen-bond donors (Lipinski definition) is 0. The molecule has 2 rings (SSSR count). The Bertz CT molecular complexity index is 542. The van der Waals surface area contributed by atoms with Crippen molar-refractivity contribution in [3.05, 3.63) is 12.2 Å². The van der Waals surface area contributed by atoms with Crippen LogP contribution in [0.25, 0.3) is 0 Å². The number of ether oxygens (including phenoxy) is 4. The third kappa shape index (κ3) is 2.94. The van der Waals surface area contributed by atoms with E-state index in [0.29, 0.717) is 12.8 Å². The Morgan fingerprint density at radius 2 is 1.48 bits per heavy atom. The molecule has 1 spiro atoms. The zero-order chi connectivity index (χ0) is 18.7. The second-order valence-electron chi connectivity index (χ2n) is 6.18. The summed E-state index contributed by atoms with van der Waals surface area (Å²) in [7, 11) is 0. The smallest absolute Gasteiger partial charge is 0.337 e. The topological polar surface area (TPSA) is 88.1 Å². The van der Waals surface area contributed by atoms with Gasteiger partial charge in [-0.25, -0.2) is 4.79 Å². The molecule has 1 unspecified atom stereocenters. The van der Waals surface area contributed by atoms with Crippen LogP contribution < -0.4 is 0 Å². The maximum absolute atomic E-state index is 12.9. The van der Waals surface area contributed by atoms with Crippen molar-refractivity contribution in [3.63, 3.8) is 0 Å². The molecule has 0 amide bonds. The number of carbonyl (C=O) groups excluding carboxylic acids is 3. The first-order valence-electron chi connectivity index (χ1n) is 8.79. The minimum absolute atomic E-state index is 0.0514. The van der Waals surface area contributed by atoms with Crippen LogP contribution in [0.5, 0.6) is 0 Å². The Hall–Kier alpha value is -1.89. The zero-order valence-electron chi connectivity index (χ0n) is 15.1. The van der Waals surface area contributed by atoms with Gasteiger partial charge in [0.25, 0.3) is 0 Å². The molecule has 0 radical (unpaired) electrons. The highest BCUT2D eigenvalue weighted by molar-refractivity contribution is 6.09. The number of rotatable bonds is 6. The van der Waals surface area contributed by atoms with Crippen molar-refractivity contribution in [2.45, 2.75) is 58.2 Å². The number of carbonyl (C=O) groups is 3. The van der Waals surface area contributed by atoms with E-state index in [1.807, 2.05) is 0 Å². The normalized spacial score (nSPS) is 23.5. The lowest BCUT2D eigenvalue weighted by Gasteiger charge is -2.30. The molecular weight excluding hydrogens is 328 g/mol. The fourth-order valence-corrected chi connectivity index (χ4v) is 3.74. The molecule has 0 bridgehead atoms. The first-order chi connectivity index (χ1) is 11.9. The second kappa shape index (κ2) is 7.56. The van der Waals surface area contributed by atoms with E-state index >= 15 is 0 Å². The van der Waals surface area contributed by atoms with Crippen molar-refractivity contribution >= 4 is 17.9 Å². The van der Waals surface area contributed by atoms with Gasteiger partial charge in [-0.2, -0.15) is 0 Å². The first kappa shape index (κ1) is 19.4. The molecule has 1 atom stereocenters. The zero-order valence-corrected chi connectivity index (χ0v) is 15.1. The highest BCUT2D eigenvalue weighted by Gasteiger charge is 2.72. The van der Waals surface area contributed by atoms with Gasteiger partial charge in [-0.15, -0.1) is 0 Å². The molecule has 0 aromatic carbocycles.